The minimum absolute atomic E-state index is 0.0941. The summed E-state index contributed by atoms with van der Waals surface area (Å²) in [6.45, 7) is 3.88. The van der Waals surface area contributed by atoms with E-state index in [1.807, 2.05) is 6.92 Å². The van der Waals surface area contributed by atoms with Gasteiger partial charge in [-0.05, 0) is 13.0 Å². The van der Waals surface area contributed by atoms with E-state index in [2.05, 4.69) is 16.8 Å². The maximum absolute atomic E-state index is 12.3. The Hall–Kier alpha value is -1.90. The first-order valence-electron chi connectivity index (χ1n) is 6.16. The third-order valence-electron chi connectivity index (χ3n) is 2.50. The molecule has 102 valence electrons. The number of rotatable bonds is 5. The van der Waals surface area contributed by atoms with E-state index >= 15 is 0 Å². The van der Waals surface area contributed by atoms with Gasteiger partial charge in [0.05, 0.1) is 24.3 Å². The van der Waals surface area contributed by atoms with Crippen LogP contribution in [0.5, 0.6) is 0 Å². The average Bonchev–Trinajstić information content (AvgIpc) is 2.44. The summed E-state index contributed by atoms with van der Waals surface area (Å²) in [5.74, 6) is 5.50. The number of amides is 1. The van der Waals surface area contributed by atoms with E-state index in [1.165, 1.54) is 0 Å². The number of ether oxygens (including phenoxy) is 1. The lowest BCUT2D eigenvalue weighted by molar-refractivity contribution is 0.0709. The van der Waals surface area contributed by atoms with Crippen LogP contribution in [0.4, 0.5) is 0 Å². The summed E-state index contributed by atoms with van der Waals surface area (Å²) in [6, 6.07) is 1.67. The van der Waals surface area contributed by atoms with E-state index in [1.54, 1.807) is 30.4 Å². The van der Waals surface area contributed by atoms with Crippen molar-refractivity contribution in [3.05, 3.63) is 29.6 Å². The number of nitrogens with zero attached hydrogens (tertiary/aromatic N) is 2. The number of carbonyl (C=O) groups is 1. The number of nitrogens with two attached hydrogens (primary N) is 1. The lowest BCUT2D eigenvalue weighted by Crippen LogP contribution is -2.30. The molecule has 5 heteroatoms. The maximum atomic E-state index is 12.3. The molecule has 1 aromatic heterocycles. The van der Waals surface area contributed by atoms with E-state index in [9.17, 15) is 4.79 Å². The monoisotopic (exact) mass is 261 g/mol. The second-order valence-corrected chi connectivity index (χ2v) is 3.85. The van der Waals surface area contributed by atoms with Crippen LogP contribution in [0, 0.1) is 11.8 Å². The Balaban J connectivity index is 2.81. The molecule has 1 amide bonds. The fourth-order valence-electron chi connectivity index (χ4n) is 1.48. The summed E-state index contributed by atoms with van der Waals surface area (Å²) in [6.07, 6.45) is 3.16. The second kappa shape index (κ2) is 8.25. The Morgan fingerprint density at radius 3 is 3.05 bits per heavy atom. The van der Waals surface area contributed by atoms with Gasteiger partial charge in [-0.3, -0.25) is 9.78 Å². The Labute approximate surface area is 113 Å². The molecule has 0 aromatic carbocycles. The molecule has 0 saturated carbocycles. The maximum Gasteiger partial charge on any atom is 0.255 e. The molecule has 1 heterocycles. The van der Waals surface area contributed by atoms with Gasteiger partial charge >= 0.3 is 0 Å². The van der Waals surface area contributed by atoms with Crippen LogP contribution in [0.25, 0.3) is 0 Å². The number of hydrogen-bond acceptors (Lipinski definition) is 4. The van der Waals surface area contributed by atoms with Crippen molar-refractivity contribution >= 4 is 5.91 Å². The molecule has 0 unspecified atom stereocenters. The fraction of sp³-hybridized carbons (Fsp3) is 0.429. The Morgan fingerprint density at radius 2 is 2.37 bits per heavy atom. The normalized spacial score (nSPS) is 9.63. The summed E-state index contributed by atoms with van der Waals surface area (Å²) in [5.41, 5.74) is 6.47. The molecule has 0 aliphatic heterocycles. The second-order valence-electron chi connectivity index (χ2n) is 3.85. The van der Waals surface area contributed by atoms with Gasteiger partial charge in [0.1, 0.15) is 0 Å². The average molecular weight is 261 g/mol. The third-order valence-corrected chi connectivity index (χ3v) is 2.50. The van der Waals surface area contributed by atoms with Crippen LogP contribution >= 0.6 is 0 Å². The largest absolute Gasteiger partial charge is 0.380 e. The molecule has 0 atom stereocenters. The molecule has 0 aliphatic carbocycles. The van der Waals surface area contributed by atoms with Crippen LogP contribution in [-0.2, 0) is 4.74 Å². The molecule has 19 heavy (non-hydrogen) atoms. The molecule has 0 saturated heterocycles. The Bertz CT molecular complexity index is 477. The summed E-state index contributed by atoms with van der Waals surface area (Å²) in [5, 5.41) is 0. The van der Waals surface area contributed by atoms with Crippen LogP contribution in [0.1, 0.15) is 22.8 Å². The Kier molecular flexibility index (Phi) is 6.58. The lowest BCUT2D eigenvalue weighted by atomic mass is 10.1. The topological polar surface area (TPSA) is 68.5 Å². The number of carbonyl (C=O) groups excluding carboxylic acids is 1. The fourth-order valence-corrected chi connectivity index (χ4v) is 1.48. The van der Waals surface area contributed by atoms with Crippen LogP contribution in [0.15, 0.2) is 18.5 Å². The standard InChI is InChI=1S/C14H19N3O2/c1-3-19-10-9-17(2)14(18)13-6-8-16-11-12(13)5-4-7-15/h6,8,11H,3,7,9-10,15H2,1-2H3. The smallest absolute Gasteiger partial charge is 0.255 e. The van der Waals surface area contributed by atoms with Gasteiger partial charge in [-0.15, -0.1) is 0 Å². The van der Waals surface area contributed by atoms with E-state index in [0.717, 1.165) is 0 Å². The predicted molar refractivity (Wildman–Crippen MR) is 73.6 cm³/mol. The van der Waals surface area contributed by atoms with Gasteiger partial charge in [0.25, 0.3) is 5.91 Å². The van der Waals surface area contributed by atoms with Crippen molar-refractivity contribution in [3.63, 3.8) is 0 Å². The molecule has 0 spiro atoms. The van der Waals surface area contributed by atoms with Gasteiger partial charge in [-0.1, -0.05) is 11.8 Å². The molecule has 0 bridgehead atoms. The van der Waals surface area contributed by atoms with Crippen molar-refractivity contribution in [3.8, 4) is 11.8 Å². The van der Waals surface area contributed by atoms with E-state index in [4.69, 9.17) is 10.5 Å². The van der Waals surface area contributed by atoms with Crippen LogP contribution in [-0.4, -0.2) is 49.1 Å². The molecular weight excluding hydrogens is 242 g/mol. The van der Waals surface area contributed by atoms with Gasteiger partial charge < -0.3 is 15.4 Å². The molecular formula is C14H19N3O2. The third kappa shape index (κ3) is 4.70. The van der Waals surface area contributed by atoms with E-state index < -0.39 is 0 Å². The van der Waals surface area contributed by atoms with Crippen LogP contribution in [0.3, 0.4) is 0 Å². The SMILES string of the molecule is CCOCCN(C)C(=O)c1ccncc1C#CCN. The molecule has 5 nitrogen and oxygen atoms in total. The zero-order valence-corrected chi connectivity index (χ0v) is 11.3. The number of aromatic nitrogens is 1. The van der Waals surface area contributed by atoms with E-state index in [-0.39, 0.29) is 12.5 Å². The molecule has 2 N–H and O–H groups in total. The summed E-state index contributed by atoms with van der Waals surface area (Å²) in [7, 11) is 1.74. The number of likely N-dealkylation sites (N-methyl/N-ethyl adjacent to an activating group) is 1. The minimum Gasteiger partial charge on any atom is -0.380 e. The van der Waals surface area contributed by atoms with Gasteiger partial charge in [0.2, 0.25) is 0 Å². The first kappa shape index (κ1) is 15.2. The van der Waals surface area contributed by atoms with Crippen molar-refractivity contribution in [1.29, 1.82) is 0 Å². The predicted octanol–water partition coefficient (Wildman–Crippen LogP) is 0.500. The summed E-state index contributed by atoms with van der Waals surface area (Å²) >= 11 is 0. The highest BCUT2D eigenvalue weighted by molar-refractivity contribution is 5.96. The van der Waals surface area contributed by atoms with Crippen molar-refractivity contribution in [2.45, 2.75) is 6.92 Å². The molecule has 0 fully saturated rings. The summed E-state index contributed by atoms with van der Waals surface area (Å²) < 4.78 is 5.23. The Morgan fingerprint density at radius 1 is 1.58 bits per heavy atom. The van der Waals surface area contributed by atoms with Crippen molar-refractivity contribution < 1.29 is 9.53 Å². The zero-order chi connectivity index (χ0) is 14.1. The van der Waals surface area contributed by atoms with Crippen LogP contribution < -0.4 is 5.73 Å². The summed E-state index contributed by atoms with van der Waals surface area (Å²) in [4.78, 5) is 17.9. The van der Waals surface area contributed by atoms with Gasteiger partial charge in [0, 0.05) is 32.6 Å². The van der Waals surface area contributed by atoms with Crippen molar-refractivity contribution in [2.24, 2.45) is 5.73 Å². The highest BCUT2D eigenvalue weighted by Gasteiger charge is 2.14. The quantitative estimate of drug-likeness (QED) is 0.619. The van der Waals surface area contributed by atoms with E-state index in [0.29, 0.717) is 30.9 Å². The minimum atomic E-state index is -0.0941. The first-order valence-corrected chi connectivity index (χ1v) is 6.16. The number of hydrogen-bond donors (Lipinski definition) is 1. The van der Waals surface area contributed by atoms with Gasteiger partial charge in [0.15, 0.2) is 0 Å². The van der Waals surface area contributed by atoms with Gasteiger partial charge in [-0.2, -0.15) is 0 Å². The highest BCUT2D eigenvalue weighted by atomic mass is 16.5. The molecule has 0 aliphatic rings. The molecule has 1 rings (SSSR count). The lowest BCUT2D eigenvalue weighted by Gasteiger charge is -2.17. The number of pyridine rings is 1. The molecule has 0 radical (unpaired) electrons. The van der Waals surface area contributed by atoms with Gasteiger partial charge in [-0.25, -0.2) is 0 Å². The highest BCUT2D eigenvalue weighted by Crippen LogP contribution is 2.08. The van der Waals surface area contributed by atoms with Crippen molar-refractivity contribution in [2.75, 3.05) is 33.4 Å². The zero-order valence-electron chi connectivity index (χ0n) is 11.3. The molecule has 1 aromatic rings. The van der Waals surface area contributed by atoms with Crippen LogP contribution in [0.2, 0.25) is 0 Å². The first-order chi connectivity index (χ1) is 9.20. The van der Waals surface area contributed by atoms with Crippen molar-refractivity contribution in [1.82, 2.24) is 9.88 Å².